The zero-order valence-electron chi connectivity index (χ0n) is 10.9. The largest absolute Gasteiger partial charge is 0.452 e. The Morgan fingerprint density at radius 1 is 1.25 bits per heavy atom. The molecule has 5 heteroatoms. The molecule has 0 saturated heterocycles. The van der Waals surface area contributed by atoms with Crippen molar-refractivity contribution in [2.75, 3.05) is 0 Å². The van der Waals surface area contributed by atoms with Gasteiger partial charge in [0.15, 0.2) is 11.6 Å². The lowest BCUT2D eigenvalue weighted by Crippen LogP contribution is -2.18. The molecule has 2 aromatic rings. The molecule has 0 aromatic heterocycles. The van der Waals surface area contributed by atoms with E-state index in [2.05, 4.69) is 0 Å². The molecule has 0 fully saturated rings. The van der Waals surface area contributed by atoms with Gasteiger partial charge in [-0.1, -0.05) is 23.7 Å². The molecule has 0 bridgehead atoms. The molecule has 2 rings (SSSR count). The van der Waals surface area contributed by atoms with Gasteiger partial charge in [0, 0.05) is 12.1 Å². The summed E-state index contributed by atoms with van der Waals surface area (Å²) in [5, 5.41) is 0.326. The lowest BCUT2D eigenvalue weighted by Gasteiger charge is -2.14. The van der Waals surface area contributed by atoms with Gasteiger partial charge in [0.05, 0.1) is 5.02 Å². The van der Waals surface area contributed by atoms with Crippen molar-refractivity contribution < 1.29 is 13.5 Å². The molecule has 1 unspecified atom stereocenters. The molecular formula is C15H14ClF2NO. The average Bonchev–Trinajstić information content (AvgIpc) is 2.37. The van der Waals surface area contributed by atoms with Crippen molar-refractivity contribution in [3.05, 3.63) is 58.6 Å². The predicted octanol–water partition coefficient (Wildman–Crippen LogP) is 4.30. The van der Waals surface area contributed by atoms with E-state index < -0.39 is 11.6 Å². The first-order valence-corrected chi connectivity index (χ1v) is 6.51. The summed E-state index contributed by atoms with van der Waals surface area (Å²) < 4.78 is 32.2. The Hall–Kier alpha value is -1.65. The topological polar surface area (TPSA) is 35.2 Å². The summed E-state index contributed by atoms with van der Waals surface area (Å²) in [7, 11) is 0. The van der Waals surface area contributed by atoms with Crippen molar-refractivity contribution in [1.29, 1.82) is 0 Å². The maximum atomic E-state index is 13.6. The lowest BCUT2D eigenvalue weighted by molar-refractivity contribution is 0.431. The maximum absolute atomic E-state index is 13.6. The molecule has 0 saturated carbocycles. The van der Waals surface area contributed by atoms with Crippen LogP contribution in [0.25, 0.3) is 0 Å². The van der Waals surface area contributed by atoms with Crippen LogP contribution in [0.1, 0.15) is 12.5 Å². The van der Waals surface area contributed by atoms with Crippen molar-refractivity contribution in [3.8, 4) is 11.5 Å². The summed E-state index contributed by atoms with van der Waals surface area (Å²) in [5.74, 6) is -1.14. The first kappa shape index (κ1) is 14.8. The van der Waals surface area contributed by atoms with Crippen molar-refractivity contribution >= 4 is 11.6 Å². The number of halogens is 3. The van der Waals surface area contributed by atoms with E-state index in [1.807, 2.05) is 6.92 Å². The van der Waals surface area contributed by atoms with E-state index in [4.69, 9.17) is 22.1 Å². The lowest BCUT2D eigenvalue weighted by atomic mass is 10.1. The summed E-state index contributed by atoms with van der Waals surface area (Å²) in [6.45, 7) is 1.84. The molecular weight excluding hydrogens is 284 g/mol. The van der Waals surface area contributed by atoms with Gasteiger partial charge in [-0.15, -0.1) is 0 Å². The van der Waals surface area contributed by atoms with Crippen LogP contribution in [-0.2, 0) is 6.42 Å². The fourth-order valence-corrected chi connectivity index (χ4v) is 2.07. The highest BCUT2D eigenvalue weighted by atomic mass is 35.5. The third kappa shape index (κ3) is 3.46. The number of rotatable bonds is 4. The van der Waals surface area contributed by atoms with Crippen LogP contribution in [0.15, 0.2) is 36.4 Å². The van der Waals surface area contributed by atoms with E-state index in [9.17, 15) is 8.78 Å². The zero-order valence-corrected chi connectivity index (χ0v) is 11.6. The van der Waals surface area contributed by atoms with E-state index >= 15 is 0 Å². The van der Waals surface area contributed by atoms with Crippen molar-refractivity contribution in [2.45, 2.75) is 19.4 Å². The van der Waals surface area contributed by atoms with Gasteiger partial charge in [-0.3, -0.25) is 0 Å². The average molecular weight is 298 g/mol. The predicted molar refractivity (Wildman–Crippen MR) is 75.2 cm³/mol. The Labute approximate surface area is 121 Å². The molecule has 0 aliphatic rings. The fraction of sp³-hybridized carbons (Fsp3) is 0.200. The molecule has 2 N–H and O–H groups in total. The van der Waals surface area contributed by atoms with Crippen molar-refractivity contribution in [3.63, 3.8) is 0 Å². The van der Waals surface area contributed by atoms with Crippen molar-refractivity contribution in [2.24, 2.45) is 5.73 Å². The summed E-state index contributed by atoms with van der Waals surface area (Å²) in [6.07, 6.45) is 0.521. The van der Waals surface area contributed by atoms with E-state index in [-0.39, 0.29) is 11.8 Å². The molecule has 2 nitrogen and oxygen atoms in total. The van der Waals surface area contributed by atoms with Crippen LogP contribution >= 0.6 is 11.6 Å². The number of nitrogens with two attached hydrogens (primary N) is 1. The number of hydrogen-bond acceptors (Lipinski definition) is 2. The van der Waals surface area contributed by atoms with Gasteiger partial charge in [0.25, 0.3) is 0 Å². The second-order valence-electron chi connectivity index (χ2n) is 4.59. The first-order chi connectivity index (χ1) is 9.47. The quantitative estimate of drug-likeness (QED) is 0.913. The summed E-state index contributed by atoms with van der Waals surface area (Å²) in [4.78, 5) is 0. The maximum Gasteiger partial charge on any atom is 0.166 e. The molecule has 0 aliphatic heterocycles. The highest BCUT2D eigenvalue weighted by molar-refractivity contribution is 6.32. The van der Waals surface area contributed by atoms with Gasteiger partial charge >= 0.3 is 0 Å². The number of benzene rings is 2. The number of para-hydroxylation sites is 1. The first-order valence-electron chi connectivity index (χ1n) is 6.13. The molecule has 20 heavy (non-hydrogen) atoms. The minimum atomic E-state index is -0.655. The highest BCUT2D eigenvalue weighted by Crippen LogP contribution is 2.34. The van der Waals surface area contributed by atoms with Crippen LogP contribution in [0.5, 0.6) is 11.5 Å². The summed E-state index contributed by atoms with van der Waals surface area (Å²) in [6, 6.07) is 8.09. The third-order valence-corrected chi connectivity index (χ3v) is 2.99. The van der Waals surface area contributed by atoms with Gasteiger partial charge in [-0.05, 0) is 37.1 Å². The van der Waals surface area contributed by atoms with Crippen LogP contribution in [0.4, 0.5) is 8.78 Å². The van der Waals surface area contributed by atoms with Crippen LogP contribution in [0, 0.1) is 11.6 Å². The van der Waals surface area contributed by atoms with Gasteiger partial charge in [-0.25, -0.2) is 8.78 Å². The van der Waals surface area contributed by atoms with E-state index in [0.717, 1.165) is 23.8 Å². The van der Waals surface area contributed by atoms with E-state index in [1.54, 1.807) is 18.2 Å². The normalized spacial score (nSPS) is 12.2. The second kappa shape index (κ2) is 6.20. The Bertz CT molecular complexity index is 617. The molecule has 0 radical (unpaired) electrons. The molecule has 0 aliphatic carbocycles. The Kier molecular flexibility index (Phi) is 4.57. The fourth-order valence-electron chi connectivity index (χ4n) is 1.84. The Morgan fingerprint density at radius 2 is 2.00 bits per heavy atom. The van der Waals surface area contributed by atoms with Gasteiger partial charge in [0.2, 0.25) is 0 Å². The third-order valence-electron chi connectivity index (χ3n) is 2.70. The number of hydrogen-bond donors (Lipinski definition) is 1. The van der Waals surface area contributed by atoms with Crippen LogP contribution in [0.2, 0.25) is 5.02 Å². The summed E-state index contributed by atoms with van der Waals surface area (Å²) >= 11 is 6.07. The van der Waals surface area contributed by atoms with Crippen molar-refractivity contribution in [1.82, 2.24) is 0 Å². The molecule has 0 heterocycles. The van der Waals surface area contributed by atoms with Gasteiger partial charge in [-0.2, -0.15) is 0 Å². The Morgan fingerprint density at radius 3 is 2.70 bits per heavy atom. The molecule has 106 valence electrons. The Balaban J connectivity index is 2.39. The number of ether oxygens (including phenoxy) is 1. The molecule has 0 spiro atoms. The smallest absolute Gasteiger partial charge is 0.166 e. The van der Waals surface area contributed by atoms with E-state index in [0.29, 0.717) is 17.2 Å². The standard InChI is InChI=1S/C15H14ClF2NO/c1-9(19)7-10-3-2-4-12(16)15(10)20-14-8-11(17)5-6-13(14)18/h2-6,8-9H,7,19H2,1H3. The monoisotopic (exact) mass is 297 g/mol. The summed E-state index contributed by atoms with van der Waals surface area (Å²) in [5.41, 5.74) is 6.50. The highest BCUT2D eigenvalue weighted by Gasteiger charge is 2.14. The van der Waals surface area contributed by atoms with Crippen LogP contribution in [0.3, 0.4) is 0 Å². The molecule has 2 aromatic carbocycles. The second-order valence-corrected chi connectivity index (χ2v) is 4.99. The molecule has 1 atom stereocenters. The zero-order chi connectivity index (χ0) is 14.7. The van der Waals surface area contributed by atoms with Crippen LogP contribution in [-0.4, -0.2) is 6.04 Å². The SMILES string of the molecule is CC(N)Cc1cccc(Cl)c1Oc1cc(F)ccc1F. The van der Waals surface area contributed by atoms with Gasteiger partial charge < -0.3 is 10.5 Å². The minimum absolute atomic E-state index is 0.104. The molecule has 0 amide bonds. The van der Waals surface area contributed by atoms with Gasteiger partial charge in [0.1, 0.15) is 11.6 Å². The van der Waals surface area contributed by atoms with E-state index in [1.165, 1.54) is 0 Å². The minimum Gasteiger partial charge on any atom is -0.452 e. The van der Waals surface area contributed by atoms with Crippen LogP contribution < -0.4 is 10.5 Å².